The Balaban J connectivity index is 2.64. The normalized spacial score (nSPS) is 11.3. The molecule has 0 aromatic heterocycles. The maximum atomic E-state index is 11.8. The molecule has 19 heavy (non-hydrogen) atoms. The number of ether oxygens (including phenoxy) is 1. The van der Waals surface area contributed by atoms with Crippen molar-refractivity contribution in [3.05, 3.63) is 34.3 Å². The van der Waals surface area contributed by atoms with Gasteiger partial charge in [-0.1, -0.05) is 12.1 Å². The first-order valence-corrected chi connectivity index (χ1v) is 6.23. The first-order chi connectivity index (χ1) is 8.95. The lowest BCUT2D eigenvalue weighted by atomic mass is 10.2. The molecule has 7 heteroatoms. The Morgan fingerprint density at radius 1 is 1.26 bits per heavy atom. The van der Waals surface area contributed by atoms with Crippen molar-refractivity contribution in [2.45, 2.75) is 13.0 Å². The molecule has 1 aromatic carbocycles. The number of nitrogens with one attached hydrogen (secondary N) is 2. The number of esters is 1. The monoisotopic (exact) mass is 328 g/mol. The number of hydrogen-bond acceptors (Lipinski definition) is 4. The predicted molar refractivity (Wildman–Crippen MR) is 71.6 cm³/mol. The van der Waals surface area contributed by atoms with Crippen LogP contribution in [0.25, 0.3) is 0 Å². The molecule has 0 aliphatic rings. The van der Waals surface area contributed by atoms with Gasteiger partial charge in [-0.3, -0.25) is 10.1 Å². The third kappa shape index (κ3) is 4.36. The van der Waals surface area contributed by atoms with Crippen molar-refractivity contribution in [1.82, 2.24) is 10.6 Å². The highest BCUT2D eigenvalue weighted by Crippen LogP contribution is 2.17. The Bertz CT molecular complexity index is 504. The quantitative estimate of drug-likeness (QED) is 0.822. The number of rotatable bonds is 3. The van der Waals surface area contributed by atoms with E-state index in [0.717, 1.165) is 0 Å². The number of halogens is 1. The van der Waals surface area contributed by atoms with Crippen LogP contribution in [-0.2, 0) is 9.53 Å². The molecule has 1 atom stereocenters. The Kier molecular flexibility index (Phi) is 5.50. The van der Waals surface area contributed by atoms with Crippen molar-refractivity contribution < 1.29 is 19.1 Å². The van der Waals surface area contributed by atoms with E-state index >= 15 is 0 Å². The summed E-state index contributed by atoms with van der Waals surface area (Å²) in [4.78, 5) is 34.3. The molecule has 0 spiro atoms. The number of hydrogen-bond donors (Lipinski definition) is 2. The SMILES string of the molecule is CNC(=O)NC(=O)C(C)OC(=O)c1ccccc1Br. The van der Waals surface area contributed by atoms with Crippen LogP contribution in [0.3, 0.4) is 0 Å². The van der Waals surface area contributed by atoms with E-state index in [1.807, 2.05) is 5.32 Å². The zero-order chi connectivity index (χ0) is 14.4. The maximum absolute atomic E-state index is 11.8. The summed E-state index contributed by atoms with van der Waals surface area (Å²) in [5, 5.41) is 4.25. The lowest BCUT2D eigenvalue weighted by Crippen LogP contribution is -2.43. The highest BCUT2D eigenvalue weighted by Gasteiger charge is 2.21. The second-order valence-corrected chi connectivity index (χ2v) is 4.45. The first kappa shape index (κ1) is 15.2. The van der Waals surface area contributed by atoms with Gasteiger partial charge in [-0.2, -0.15) is 0 Å². The van der Waals surface area contributed by atoms with Crippen LogP contribution < -0.4 is 10.6 Å². The lowest BCUT2D eigenvalue weighted by molar-refractivity contribution is -0.127. The third-order valence-corrected chi connectivity index (χ3v) is 2.90. The average molecular weight is 329 g/mol. The van der Waals surface area contributed by atoms with Gasteiger partial charge in [-0.25, -0.2) is 9.59 Å². The second kappa shape index (κ2) is 6.89. The van der Waals surface area contributed by atoms with Crippen LogP contribution in [0.5, 0.6) is 0 Å². The molecule has 0 aliphatic heterocycles. The minimum atomic E-state index is -1.07. The molecule has 3 amide bonds. The molecule has 0 bridgehead atoms. The van der Waals surface area contributed by atoms with E-state index in [4.69, 9.17) is 4.74 Å². The molecule has 1 rings (SSSR count). The Morgan fingerprint density at radius 2 is 1.89 bits per heavy atom. The first-order valence-electron chi connectivity index (χ1n) is 5.43. The number of urea groups is 1. The molecule has 1 aromatic rings. The van der Waals surface area contributed by atoms with Crippen molar-refractivity contribution in [2.75, 3.05) is 7.05 Å². The van der Waals surface area contributed by atoms with Crippen molar-refractivity contribution in [3.63, 3.8) is 0 Å². The van der Waals surface area contributed by atoms with Crippen LogP contribution >= 0.6 is 15.9 Å². The summed E-state index contributed by atoms with van der Waals surface area (Å²) in [6.45, 7) is 1.38. The van der Waals surface area contributed by atoms with E-state index in [1.165, 1.54) is 14.0 Å². The van der Waals surface area contributed by atoms with E-state index in [-0.39, 0.29) is 0 Å². The summed E-state index contributed by atoms with van der Waals surface area (Å²) < 4.78 is 5.53. The standard InChI is InChI=1S/C12H13BrN2O4/c1-7(10(16)15-12(18)14-2)19-11(17)8-5-3-4-6-9(8)13/h3-7H,1-2H3,(H2,14,15,16,18). The Labute approximate surface area is 118 Å². The van der Waals surface area contributed by atoms with Crippen LogP contribution in [0.1, 0.15) is 17.3 Å². The highest BCUT2D eigenvalue weighted by molar-refractivity contribution is 9.10. The van der Waals surface area contributed by atoms with Crippen molar-refractivity contribution in [2.24, 2.45) is 0 Å². The molecule has 0 fully saturated rings. The zero-order valence-corrected chi connectivity index (χ0v) is 12.0. The van der Waals surface area contributed by atoms with E-state index in [9.17, 15) is 14.4 Å². The van der Waals surface area contributed by atoms with Crippen LogP contribution in [-0.4, -0.2) is 31.1 Å². The lowest BCUT2D eigenvalue weighted by Gasteiger charge is -2.13. The fraction of sp³-hybridized carbons (Fsp3) is 0.250. The largest absolute Gasteiger partial charge is 0.449 e. The van der Waals surface area contributed by atoms with Gasteiger partial charge in [-0.05, 0) is 35.0 Å². The van der Waals surface area contributed by atoms with Gasteiger partial charge >= 0.3 is 12.0 Å². The molecular weight excluding hydrogens is 316 g/mol. The highest BCUT2D eigenvalue weighted by atomic mass is 79.9. The van der Waals surface area contributed by atoms with E-state index < -0.39 is 24.0 Å². The minimum Gasteiger partial charge on any atom is -0.449 e. The van der Waals surface area contributed by atoms with Gasteiger partial charge in [0, 0.05) is 11.5 Å². The van der Waals surface area contributed by atoms with Crippen LogP contribution in [0.2, 0.25) is 0 Å². The fourth-order valence-electron chi connectivity index (χ4n) is 1.18. The van der Waals surface area contributed by atoms with E-state index in [2.05, 4.69) is 21.2 Å². The van der Waals surface area contributed by atoms with Gasteiger partial charge < -0.3 is 10.1 Å². The molecule has 0 radical (unpaired) electrons. The van der Waals surface area contributed by atoms with Crippen LogP contribution in [0.4, 0.5) is 4.79 Å². The van der Waals surface area contributed by atoms with E-state index in [0.29, 0.717) is 10.0 Å². The molecule has 1 unspecified atom stereocenters. The predicted octanol–water partition coefficient (Wildman–Crippen LogP) is 1.45. The number of carbonyl (C=O) groups is 3. The van der Waals surface area contributed by atoms with Crippen molar-refractivity contribution in [3.8, 4) is 0 Å². The summed E-state index contributed by atoms with van der Waals surface area (Å²) in [6, 6.07) is 6.02. The van der Waals surface area contributed by atoms with Gasteiger partial charge in [-0.15, -0.1) is 0 Å². The van der Waals surface area contributed by atoms with Crippen molar-refractivity contribution >= 4 is 33.8 Å². The molecule has 0 saturated heterocycles. The van der Waals surface area contributed by atoms with Gasteiger partial charge in [0.25, 0.3) is 5.91 Å². The molecule has 102 valence electrons. The Hall–Kier alpha value is -1.89. The second-order valence-electron chi connectivity index (χ2n) is 3.60. The number of amides is 3. The topological polar surface area (TPSA) is 84.5 Å². The molecule has 0 saturated carbocycles. The van der Waals surface area contributed by atoms with Gasteiger partial charge in [0.05, 0.1) is 5.56 Å². The smallest absolute Gasteiger partial charge is 0.340 e. The van der Waals surface area contributed by atoms with E-state index in [1.54, 1.807) is 24.3 Å². The van der Waals surface area contributed by atoms with Gasteiger partial charge in [0.2, 0.25) is 0 Å². The van der Waals surface area contributed by atoms with Gasteiger partial charge in [0.1, 0.15) is 0 Å². The van der Waals surface area contributed by atoms with Crippen molar-refractivity contribution in [1.29, 1.82) is 0 Å². The number of carbonyl (C=O) groups excluding carboxylic acids is 3. The van der Waals surface area contributed by atoms with Crippen LogP contribution in [0, 0.1) is 0 Å². The number of imide groups is 1. The molecule has 6 nitrogen and oxygen atoms in total. The summed E-state index contributed by atoms with van der Waals surface area (Å²) >= 11 is 3.21. The summed E-state index contributed by atoms with van der Waals surface area (Å²) in [6.07, 6.45) is -1.07. The minimum absolute atomic E-state index is 0.307. The molecule has 0 aliphatic carbocycles. The zero-order valence-electron chi connectivity index (χ0n) is 10.4. The molecule has 2 N–H and O–H groups in total. The molecular formula is C12H13BrN2O4. The Morgan fingerprint density at radius 3 is 2.47 bits per heavy atom. The molecule has 0 heterocycles. The average Bonchev–Trinajstić information content (AvgIpc) is 2.38. The number of benzene rings is 1. The fourth-order valence-corrected chi connectivity index (χ4v) is 1.63. The summed E-state index contributed by atoms with van der Waals surface area (Å²) in [7, 11) is 1.38. The summed E-state index contributed by atoms with van der Waals surface area (Å²) in [5.74, 6) is -1.34. The third-order valence-electron chi connectivity index (χ3n) is 2.21. The van der Waals surface area contributed by atoms with Crippen LogP contribution in [0.15, 0.2) is 28.7 Å². The summed E-state index contributed by atoms with van der Waals surface area (Å²) in [5.41, 5.74) is 0.307. The maximum Gasteiger partial charge on any atom is 0.340 e. The van der Waals surface area contributed by atoms with Gasteiger partial charge in [0.15, 0.2) is 6.10 Å².